The van der Waals surface area contributed by atoms with Crippen LogP contribution in [0.25, 0.3) is 17.0 Å². The quantitative estimate of drug-likeness (QED) is 0.671. The van der Waals surface area contributed by atoms with Gasteiger partial charge in [0.25, 0.3) is 0 Å². The summed E-state index contributed by atoms with van der Waals surface area (Å²) >= 11 is 0. The Kier molecular flexibility index (Phi) is 2.01. The van der Waals surface area contributed by atoms with E-state index in [1.165, 1.54) is 0 Å². The molecule has 0 aromatic carbocycles. The zero-order valence-corrected chi connectivity index (χ0v) is 9.20. The van der Waals surface area contributed by atoms with Crippen LogP contribution >= 0.6 is 0 Å². The molecule has 6 heteroatoms. The van der Waals surface area contributed by atoms with Gasteiger partial charge in [-0.05, 0) is 25.1 Å². The molecular weight excluding hydrogens is 216 g/mol. The van der Waals surface area contributed by atoms with E-state index in [-0.39, 0.29) is 0 Å². The normalized spacial score (nSPS) is 10.9. The van der Waals surface area contributed by atoms with E-state index in [4.69, 9.17) is 5.73 Å². The zero-order valence-electron chi connectivity index (χ0n) is 9.20. The lowest BCUT2D eigenvalue weighted by atomic mass is 10.2. The number of nitrogens with two attached hydrogens (primary N) is 1. The molecule has 3 rings (SSSR count). The zero-order chi connectivity index (χ0) is 11.8. The molecule has 0 aliphatic carbocycles. The highest BCUT2D eigenvalue weighted by Crippen LogP contribution is 2.18. The maximum absolute atomic E-state index is 5.70. The fraction of sp³-hybridized carbons (Fsp3) is 0.0909. The highest BCUT2D eigenvalue weighted by molar-refractivity contribution is 5.61. The number of hydrogen-bond donors (Lipinski definition) is 1. The van der Waals surface area contributed by atoms with Crippen LogP contribution in [-0.2, 0) is 0 Å². The van der Waals surface area contributed by atoms with Crippen LogP contribution in [0.2, 0.25) is 0 Å². The summed E-state index contributed by atoms with van der Waals surface area (Å²) in [6, 6.07) is 5.57. The molecule has 3 heterocycles. The number of aryl methyl sites for hydroxylation is 1. The van der Waals surface area contributed by atoms with Crippen LogP contribution < -0.4 is 5.73 Å². The first kappa shape index (κ1) is 9.71. The first-order chi connectivity index (χ1) is 8.24. The number of nitrogens with zero attached hydrogens (tertiary/aromatic N) is 5. The Hall–Kier alpha value is -2.50. The fourth-order valence-corrected chi connectivity index (χ4v) is 1.64. The molecule has 0 bridgehead atoms. The molecule has 3 aromatic heterocycles. The van der Waals surface area contributed by atoms with Crippen LogP contribution in [0.1, 0.15) is 5.69 Å². The molecule has 0 unspecified atom stereocenters. The van der Waals surface area contributed by atoms with Crippen LogP contribution in [0.3, 0.4) is 0 Å². The van der Waals surface area contributed by atoms with Gasteiger partial charge in [0.1, 0.15) is 0 Å². The number of rotatable bonds is 1. The van der Waals surface area contributed by atoms with Crippen LogP contribution in [-0.4, -0.2) is 24.8 Å². The number of anilines is 1. The maximum Gasteiger partial charge on any atom is 0.187 e. The standard InChI is InChI=1S/C11H10N6/c1-7-2-3-10-14-15-11(17(10)16-7)8-4-9(12)6-13-5-8/h2-6H,12H2,1H3. The summed E-state index contributed by atoms with van der Waals surface area (Å²) in [5.41, 5.74) is 8.69. The molecule has 0 aliphatic rings. The summed E-state index contributed by atoms with van der Waals surface area (Å²) in [6.07, 6.45) is 3.28. The summed E-state index contributed by atoms with van der Waals surface area (Å²) < 4.78 is 1.69. The molecule has 17 heavy (non-hydrogen) atoms. The Morgan fingerprint density at radius 2 is 2.06 bits per heavy atom. The van der Waals surface area contributed by atoms with Crippen molar-refractivity contribution >= 4 is 11.3 Å². The molecule has 0 atom stereocenters. The van der Waals surface area contributed by atoms with E-state index >= 15 is 0 Å². The average Bonchev–Trinajstić information content (AvgIpc) is 2.71. The average molecular weight is 226 g/mol. The van der Waals surface area contributed by atoms with Crippen LogP contribution in [0.5, 0.6) is 0 Å². The Labute approximate surface area is 97.1 Å². The van der Waals surface area contributed by atoms with Gasteiger partial charge in [-0.15, -0.1) is 10.2 Å². The lowest BCUT2D eigenvalue weighted by molar-refractivity contribution is 0.901. The van der Waals surface area contributed by atoms with Crippen molar-refractivity contribution in [3.05, 3.63) is 36.3 Å². The van der Waals surface area contributed by atoms with E-state index in [0.717, 1.165) is 11.3 Å². The third-order valence-electron chi connectivity index (χ3n) is 2.41. The number of nitrogen functional groups attached to an aromatic ring is 1. The fourth-order valence-electron chi connectivity index (χ4n) is 1.64. The number of aromatic nitrogens is 5. The van der Waals surface area contributed by atoms with Crippen LogP contribution in [0, 0.1) is 6.92 Å². The second-order valence-electron chi connectivity index (χ2n) is 3.78. The van der Waals surface area contributed by atoms with E-state index in [1.807, 2.05) is 19.1 Å². The van der Waals surface area contributed by atoms with Crippen molar-refractivity contribution in [2.75, 3.05) is 5.73 Å². The molecule has 6 nitrogen and oxygen atoms in total. The summed E-state index contributed by atoms with van der Waals surface area (Å²) in [4.78, 5) is 4.04. The van der Waals surface area contributed by atoms with Crippen LogP contribution in [0.4, 0.5) is 5.69 Å². The maximum atomic E-state index is 5.70. The van der Waals surface area contributed by atoms with Gasteiger partial charge in [-0.3, -0.25) is 4.98 Å². The summed E-state index contributed by atoms with van der Waals surface area (Å²) in [6.45, 7) is 1.92. The molecule has 2 N–H and O–H groups in total. The van der Waals surface area contributed by atoms with Crippen molar-refractivity contribution in [2.45, 2.75) is 6.92 Å². The molecule has 84 valence electrons. The molecular formula is C11H10N6. The topological polar surface area (TPSA) is 82.0 Å². The number of pyridine rings is 1. The van der Waals surface area contributed by atoms with Gasteiger partial charge in [-0.25, -0.2) is 0 Å². The lowest BCUT2D eigenvalue weighted by Gasteiger charge is -2.00. The third kappa shape index (κ3) is 1.59. The van der Waals surface area contributed by atoms with E-state index in [9.17, 15) is 0 Å². The van der Waals surface area contributed by atoms with Gasteiger partial charge in [0.15, 0.2) is 11.5 Å². The summed E-state index contributed by atoms with van der Waals surface area (Å²) in [5, 5.41) is 12.5. The van der Waals surface area contributed by atoms with Crippen molar-refractivity contribution in [3.8, 4) is 11.4 Å². The molecule has 0 amide bonds. The minimum Gasteiger partial charge on any atom is -0.397 e. The van der Waals surface area contributed by atoms with Crippen molar-refractivity contribution in [1.82, 2.24) is 24.8 Å². The molecule has 0 aliphatic heterocycles. The van der Waals surface area contributed by atoms with Gasteiger partial charge in [0.2, 0.25) is 0 Å². The Balaban J connectivity index is 2.27. The predicted octanol–water partition coefficient (Wildman–Crippen LogP) is 1.08. The predicted molar refractivity (Wildman–Crippen MR) is 63.2 cm³/mol. The van der Waals surface area contributed by atoms with Crippen molar-refractivity contribution < 1.29 is 0 Å². The van der Waals surface area contributed by atoms with Gasteiger partial charge in [0, 0.05) is 18.0 Å². The van der Waals surface area contributed by atoms with Crippen molar-refractivity contribution in [3.63, 3.8) is 0 Å². The van der Waals surface area contributed by atoms with Gasteiger partial charge in [0.05, 0.1) is 11.4 Å². The summed E-state index contributed by atoms with van der Waals surface area (Å²) in [5.74, 6) is 0.642. The van der Waals surface area contributed by atoms with E-state index in [1.54, 1.807) is 23.0 Å². The largest absolute Gasteiger partial charge is 0.397 e. The first-order valence-electron chi connectivity index (χ1n) is 5.14. The lowest BCUT2D eigenvalue weighted by Crippen LogP contribution is -1.97. The molecule has 0 radical (unpaired) electrons. The van der Waals surface area contributed by atoms with Crippen LogP contribution in [0.15, 0.2) is 30.6 Å². The SMILES string of the molecule is Cc1ccc2nnc(-c3cncc(N)c3)n2n1. The minimum atomic E-state index is 0.590. The van der Waals surface area contributed by atoms with E-state index < -0.39 is 0 Å². The Morgan fingerprint density at radius 3 is 2.88 bits per heavy atom. The highest BCUT2D eigenvalue weighted by Gasteiger charge is 2.09. The molecule has 0 saturated carbocycles. The third-order valence-corrected chi connectivity index (χ3v) is 2.41. The van der Waals surface area contributed by atoms with Crippen molar-refractivity contribution in [1.29, 1.82) is 0 Å². The molecule has 0 saturated heterocycles. The number of hydrogen-bond acceptors (Lipinski definition) is 5. The minimum absolute atomic E-state index is 0.590. The number of fused-ring (bicyclic) bond motifs is 1. The van der Waals surface area contributed by atoms with E-state index in [2.05, 4.69) is 20.3 Å². The second-order valence-corrected chi connectivity index (χ2v) is 3.78. The summed E-state index contributed by atoms with van der Waals surface area (Å²) in [7, 11) is 0. The van der Waals surface area contributed by atoms with Gasteiger partial charge in [-0.2, -0.15) is 9.61 Å². The highest BCUT2D eigenvalue weighted by atomic mass is 15.4. The second kappa shape index (κ2) is 3.51. The molecule has 3 aromatic rings. The van der Waals surface area contributed by atoms with Gasteiger partial charge in [-0.1, -0.05) is 0 Å². The Bertz CT molecular complexity index is 687. The smallest absolute Gasteiger partial charge is 0.187 e. The molecule has 0 spiro atoms. The Morgan fingerprint density at radius 1 is 1.18 bits per heavy atom. The molecule has 0 fully saturated rings. The monoisotopic (exact) mass is 226 g/mol. The van der Waals surface area contributed by atoms with Gasteiger partial charge >= 0.3 is 0 Å². The first-order valence-corrected chi connectivity index (χ1v) is 5.14. The van der Waals surface area contributed by atoms with Gasteiger partial charge < -0.3 is 5.73 Å². The van der Waals surface area contributed by atoms with Crippen molar-refractivity contribution in [2.24, 2.45) is 0 Å². The van der Waals surface area contributed by atoms with E-state index in [0.29, 0.717) is 17.2 Å².